The molecular formula is C13H19FN2O3S. The summed E-state index contributed by atoms with van der Waals surface area (Å²) in [4.78, 5) is 12.0. The number of amides is 1. The largest absolute Gasteiger partial charge is 0.352 e. The molecule has 0 aliphatic rings. The van der Waals surface area contributed by atoms with Gasteiger partial charge in [0.15, 0.2) is 0 Å². The van der Waals surface area contributed by atoms with Gasteiger partial charge < -0.3 is 5.32 Å². The fraction of sp³-hybridized carbons (Fsp3) is 0.462. The predicted molar refractivity (Wildman–Crippen MR) is 76.7 cm³/mol. The van der Waals surface area contributed by atoms with Crippen molar-refractivity contribution >= 4 is 21.6 Å². The summed E-state index contributed by atoms with van der Waals surface area (Å²) in [5, 5.41) is 2.65. The molecule has 2 N–H and O–H groups in total. The number of sulfonamides is 1. The van der Waals surface area contributed by atoms with Gasteiger partial charge in [0, 0.05) is 6.54 Å². The standard InChI is InChI=1S/C13H19FN2O3S/c1-3-4-5-8-15-13(17)11-9-10(14)6-7-12(11)16-20(2,18)19/h6-7,9,16H,3-5,8H2,1-2H3,(H,15,17). The zero-order chi connectivity index (χ0) is 15.2. The Morgan fingerprint density at radius 2 is 2.00 bits per heavy atom. The van der Waals surface area contributed by atoms with E-state index in [1.807, 2.05) is 6.92 Å². The molecule has 0 saturated heterocycles. The molecule has 0 atom stereocenters. The zero-order valence-electron chi connectivity index (χ0n) is 11.6. The number of carbonyl (C=O) groups excluding carboxylic acids is 1. The van der Waals surface area contributed by atoms with Crippen LogP contribution >= 0.6 is 0 Å². The van der Waals surface area contributed by atoms with Crippen LogP contribution in [0.5, 0.6) is 0 Å². The zero-order valence-corrected chi connectivity index (χ0v) is 12.4. The van der Waals surface area contributed by atoms with Gasteiger partial charge in [0.25, 0.3) is 5.91 Å². The van der Waals surface area contributed by atoms with Crippen LogP contribution in [-0.4, -0.2) is 27.1 Å². The van der Waals surface area contributed by atoms with Crippen LogP contribution in [-0.2, 0) is 10.0 Å². The van der Waals surface area contributed by atoms with Crippen LogP contribution in [0.4, 0.5) is 10.1 Å². The molecule has 1 aromatic carbocycles. The molecule has 0 radical (unpaired) electrons. The van der Waals surface area contributed by atoms with E-state index in [1.54, 1.807) is 0 Å². The van der Waals surface area contributed by atoms with E-state index in [2.05, 4.69) is 10.0 Å². The van der Waals surface area contributed by atoms with Crippen LogP contribution in [0.2, 0.25) is 0 Å². The molecule has 1 aromatic rings. The SMILES string of the molecule is CCCCCNC(=O)c1cc(F)ccc1NS(C)(=O)=O. The van der Waals surface area contributed by atoms with Crippen molar-refractivity contribution in [1.82, 2.24) is 5.32 Å². The summed E-state index contributed by atoms with van der Waals surface area (Å²) in [6.07, 6.45) is 3.81. The summed E-state index contributed by atoms with van der Waals surface area (Å²) < 4.78 is 37.9. The second-order valence-electron chi connectivity index (χ2n) is 4.53. The maximum absolute atomic E-state index is 13.2. The maximum Gasteiger partial charge on any atom is 0.253 e. The van der Waals surface area contributed by atoms with Crippen molar-refractivity contribution in [2.24, 2.45) is 0 Å². The van der Waals surface area contributed by atoms with E-state index < -0.39 is 21.7 Å². The molecule has 1 amide bonds. The molecule has 0 saturated carbocycles. The lowest BCUT2D eigenvalue weighted by Gasteiger charge is -2.11. The monoisotopic (exact) mass is 302 g/mol. The maximum atomic E-state index is 13.2. The first-order valence-electron chi connectivity index (χ1n) is 6.39. The highest BCUT2D eigenvalue weighted by molar-refractivity contribution is 7.92. The first-order valence-corrected chi connectivity index (χ1v) is 8.28. The van der Waals surface area contributed by atoms with E-state index in [0.29, 0.717) is 6.54 Å². The molecule has 0 aliphatic carbocycles. The summed E-state index contributed by atoms with van der Waals surface area (Å²) >= 11 is 0. The molecule has 0 spiro atoms. The van der Waals surface area contributed by atoms with Crippen LogP contribution in [0.3, 0.4) is 0 Å². The summed E-state index contributed by atoms with van der Waals surface area (Å²) in [6.45, 7) is 2.52. The molecule has 0 bridgehead atoms. The highest BCUT2D eigenvalue weighted by Crippen LogP contribution is 2.18. The van der Waals surface area contributed by atoms with Gasteiger partial charge in [-0.1, -0.05) is 19.8 Å². The van der Waals surface area contributed by atoms with Crippen molar-refractivity contribution < 1.29 is 17.6 Å². The lowest BCUT2D eigenvalue weighted by Crippen LogP contribution is -2.26. The summed E-state index contributed by atoms with van der Waals surface area (Å²) in [5.41, 5.74) is 0.0498. The fourth-order valence-electron chi connectivity index (χ4n) is 1.67. The molecule has 5 nitrogen and oxygen atoms in total. The van der Waals surface area contributed by atoms with Gasteiger partial charge >= 0.3 is 0 Å². The number of benzene rings is 1. The second kappa shape index (κ2) is 7.23. The van der Waals surface area contributed by atoms with Crippen molar-refractivity contribution in [3.05, 3.63) is 29.6 Å². The van der Waals surface area contributed by atoms with Crippen molar-refractivity contribution in [2.45, 2.75) is 26.2 Å². The van der Waals surface area contributed by atoms with Crippen LogP contribution < -0.4 is 10.0 Å². The Morgan fingerprint density at radius 1 is 1.30 bits per heavy atom. The van der Waals surface area contributed by atoms with Crippen molar-refractivity contribution in [3.63, 3.8) is 0 Å². The molecule has 0 fully saturated rings. The smallest absolute Gasteiger partial charge is 0.253 e. The number of hydrogen-bond donors (Lipinski definition) is 2. The Bertz CT molecular complexity index is 573. The van der Waals surface area contributed by atoms with E-state index in [0.717, 1.165) is 37.7 Å². The van der Waals surface area contributed by atoms with Crippen molar-refractivity contribution in [1.29, 1.82) is 0 Å². The number of nitrogens with one attached hydrogen (secondary N) is 2. The molecule has 0 aliphatic heterocycles. The third kappa shape index (κ3) is 5.56. The van der Waals surface area contributed by atoms with E-state index in [1.165, 1.54) is 6.07 Å². The number of unbranched alkanes of at least 4 members (excludes halogenated alkanes) is 2. The molecule has 20 heavy (non-hydrogen) atoms. The van der Waals surface area contributed by atoms with Crippen LogP contribution in [0.15, 0.2) is 18.2 Å². The highest BCUT2D eigenvalue weighted by atomic mass is 32.2. The Labute approximate surface area is 118 Å². The molecule has 112 valence electrons. The molecule has 7 heteroatoms. The molecule has 0 unspecified atom stereocenters. The number of rotatable bonds is 7. The van der Waals surface area contributed by atoms with Gasteiger partial charge in [-0.3, -0.25) is 9.52 Å². The highest BCUT2D eigenvalue weighted by Gasteiger charge is 2.14. The normalized spacial score (nSPS) is 11.2. The minimum absolute atomic E-state index is 0.0214. The van der Waals surface area contributed by atoms with Gasteiger partial charge in [-0.25, -0.2) is 12.8 Å². The first-order chi connectivity index (χ1) is 9.33. The summed E-state index contributed by atoms with van der Waals surface area (Å²) in [7, 11) is -3.53. The number of carbonyl (C=O) groups is 1. The average molecular weight is 302 g/mol. The quantitative estimate of drug-likeness (QED) is 0.758. The summed E-state index contributed by atoms with van der Waals surface area (Å²) in [5.74, 6) is -1.09. The van der Waals surface area contributed by atoms with Gasteiger partial charge in [-0.2, -0.15) is 0 Å². The third-order valence-corrected chi connectivity index (χ3v) is 3.18. The minimum Gasteiger partial charge on any atom is -0.352 e. The lowest BCUT2D eigenvalue weighted by molar-refractivity contribution is 0.0953. The topological polar surface area (TPSA) is 75.3 Å². The van der Waals surface area contributed by atoms with Gasteiger partial charge in [-0.05, 0) is 24.6 Å². The minimum atomic E-state index is -3.53. The third-order valence-electron chi connectivity index (χ3n) is 2.59. The number of anilines is 1. The average Bonchev–Trinajstić information content (AvgIpc) is 2.35. The van der Waals surface area contributed by atoms with E-state index in [4.69, 9.17) is 0 Å². The Morgan fingerprint density at radius 3 is 2.60 bits per heavy atom. The van der Waals surface area contributed by atoms with E-state index in [-0.39, 0.29) is 11.3 Å². The summed E-state index contributed by atoms with van der Waals surface area (Å²) in [6, 6.07) is 3.35. The Kier molecular flexibility index (Phi) is 5.94. The molecule has 0 heterocycles. The first kappa shape index (κ1) is 16.4. The Balaban J connectivity index is 2.86. The van der Waals surface area contributed by atoms with Gasteiger partial charge in [0.1, 0.15) is 5.82 Å². The lowest BCUT2D eigenvalue weighted by atomic mass is 10.1. The van der Waals surface area contributed by atoms with Crippen LogP contribution in [0.1, 0.15) is 36.5 Å². The molecule has 1 rings (SSSR count). The second-order valence-corrected chi connectivity index (χ2v) is 6.28. The van der Waals surface area contributed by atoms with Gasteiger partial charge in [0.05, 0.1) is 17.5 Å². The Hall–Kier alpha value is -1.63. The van der Waals surface area contributed by atoms with E-state index >= 15 is 0 Å². The molecular weight excluding hydrogens is 283 g/mol. The number of hydrogen-bond acceptors (Lipinski definition) is 3. The number of halogens is 1. The van der Waals surface area contributed by atoms with Crippen LogP contribution in [0, 0.1) is 5.82 Å². The van der Waals surface area contributed by atoms with Crippen molar-refractivity contribution in [3.8, 4) is 0 Å². The van der Waals surface area contributed by atoms with Crippen molar-refractivity contribution in [2.75, 3.05) is 17.5 Å². The van der Waals surface area contributed by atoms with Crippen LogP contribution in [0.25, 0.3) is 0 Å². The molecule has 0 aromatic heterocycles. The predicted octanol–water partition coefficient (Wildman–Crippen LogP) is 2.12. The van der Waals surface area contributed by atoms with E-state index in [9.17, 15) is 17.6 Å². The van der Waals surface area contributed by atoms with Gasteiger partial charge in [0.2, 0.25) is 10.0 Å². The fourth-order valence-corrected chi connectivity index (χ4v) is 2.24. The van der Waals surface area contributed by atoms with Gasteiger partial charge in [-0.15, -0.1) is 0 Å².